The molecule has 4 rings (SSSR count). The number of morpholine rings is 1. The van der Waals surface area contributed by atoms with Crippen molar-refractivity contribution in [1.82, 2.24) is 15.3 Å². The van der Waals surface area contributed by atoms with Crippen LogP contribution in [0, 0.1) is 5.82 Å². The average molecular weight is 486 g/mol. The molecule has 1 aromatic heterocycles. The molecule has 34 heavy (non-hydrogen) atoms. The van der Waals surface area contributed by atoms with E-state index in [0.29, 0.717) is 47.1 Å². The van der Waals surface area contributed by atoms with E-state index in [1.165, 1.54) is 24.5 Å². The van der Waals surface area contributed by atoms with Crippen LogP contribution in [0.5, 0.6) is 5.75 Å². The number of anilines is 3. The number of fused-ring (bicyclic) bond motifs is 1. The standard InChI is InChI=1S/C24H25ClFN5O3/c1-2-23(32)31-21-11-17-20(12-22(21)34-8-3-4-16-13-27-7-9-33-16)28-14-29-24(17)30-15-5-6-19(26)18(25)10-15/h2,5-6,10-12,14,16,27H,1,3-4,7-9,13H2,(H,31,32)(H,28,29,30). The minimum absolute atomic E-state index is 0.00705. The molecule has 0 radical (unpaired) electrons. The maximum atomic E-state index is 13.5. The SMILES string of the molecule is C=CC(=O)Nc1cc2c(Nc3ccc(F)c(Cl)c3)ncnc2cc1OCCCC1CNCCO1. The van der Waals surface area contributed by atoms with Crippen LogP contribution in [-0.4, -0.2) is 48.3 Å². The molecule has 2 aromatic carbocycles. The molecule has 0 spiro atoms. The summed E-state index contributed by atoms with van der Waals surface area (Å²) in [5, 5.41) is 9.84. The molecule has 8 nitrogen and oxygen atoms in total. The predicted molar refractivity (Wildman–Crippen MR) is 130 cm³/mol. The van der Waals surface area contributed by atoms with E-state index in [0.717, 1.165) is 25.9 Å². The van der Waals surface area contributed by atoms with E-state index in [-0.39, 0.29) is 17.0 Å². The Balaban J connectivity index is 1.56. The number of carbonyl (C=O) groups excluding carboxylic acids is 1. The second-order valence-corrected chi connectivity index (χ2v) is 8.13. The molecule has 1 atom stereocenters. The Morgan fingerprint density at radius 1 is 1.35 bits per heavy atom. The quantitative estimate of drug-likeness (QED) is 0.304. The lowest BCUT2D eigenvalue weighted by Crippen LogP contribution is -2.38. The third kappa shape index (κ3) is 5.99. The van der Waals surface area contributed by atoms with Crippen molar-refractivity contribution in [2.75, 3.05) is 36.9 Å². The van der Waals surface area contributed by atoms with Crippen LogP contribution in [0.25, 0.3) is 10.9 Å². The van der Waals surface area contributed by atoms with Crippen LogP contribution in [-0.2, 0) is 9.53 Å². The minimum Gasteiger partial charge on any atom is -0.491 e. The molecule has 0 saturated carbocycles. The molecule has 1 aliphatic rings. The van der Waals surface area contributed by atoms with Gasteiger partial charge in [0.15, 0.2) is 0 Å². The Labute approximate surface area is 201 Å². The number of aromatic nitrogens is 2. The van der Waals surface area contributed by atoms with Crippen LogP contribution >= 0.6 is 11.6 Å². The van der Waals surface area contributed by atoms with Crippen LogP contribution in [0.2, 0.25) is 5.02 Å². The summed E-state index contributed by atoms with van der Waals surface area (Å²) in [6, 6.07) is 7.77. The second-order valence-electron chi connectivity index (χ2n) is 7.72. The summed E-state index contributed by atoms with van der Waals surface area (Å²) in [5.74, 6) is 0.0694. The van der Waals surface area contributed by atoms with Gasteiger partial charge in [-0.05, 0) is 43.2 Å². The summed E-state index contributed by atoms with van der Waals surface area (Å²) in [4.78, 5) is 20.7. The highest BCUT2D eigenvalue weighted by Gasteiger charge is 2.15. The molecular formula is C24H25ClFN5O3. The van der Waals surface area contributed by atoms with E-state index in [2.05, 4.69) is 32.5 Å². The molecule has 1 saturated heterocycles. The van der Waals surface area contributed by atoms with Gasteiger partial charge < -0.3 is 25.4 Å². The number of nitrogens with zero attached hydrogens (tertiary/aromatic N) is 2. The largest absolute Gasteiger partial charge is 0.491 e. The van der Waals surface area contributed by atoms with Crippen molar-refractivity contribution in [3.05, 3.63) is 60.2 Å². The lowest BCUT2D eigenvalue weighted by molar-refractivity contribution is -0.111. The third-order valence-electron chi connectivity index (χ3n) is 5.29. The van der Waals surface area contributed by atoms with Crippen LogP contribution in [0.15, 0.2) is 49.3 Å². The Hall–Kier alpha value is -3.27. The number of benzene rings is 2. The lowest BCUT2D eigenvalue weighted by Gasteiger charge is -2.23. The first kappa shape index (κ1) is 23.9. The number of amides is 1. The van der Waals surface area contributed by atoms with Gasteiger partial charge in [0.1, 0.15) is 23.7 Å². The zero-order chi connectivity index (χ0) is 23.9. The Morgan fingerprint density at radius 3 is 3.00 bits per heavy atom. The summed E-state index contributed by atoms with van der Waals surface area (Å²) in [5.41, 5.74) is 1.63. The smallest absolute Gasteiger partial charge is 0.247 e. The van der Waals surface area contributed by atoms with Gasteiger partial charge in [0.2, 0.25) is 5.91 Å². The van der Waals surface area contributed by atoms with Gasteiger partial charge in [0.25, 0.3) is 0 Å². The van der Waals surface area contributed by atoms with E-state index >= 15 is 0 Å². The molecule has 10 heteroatoms. The fourth-order valence-electron chi connectivity index (χ4n) is 3.59. The molecule has 3 N–H and O–H groups in total. The van der Waals surface area contributed by atoms with Crippen LogP contribution in [0.4, 0.5) is 21.6 Å². The Kier molecular flexibility index (Phi) is 7.89. The fourth-order valence-corrected chi connectivity index (χ4v) is 3.77. The highest BCUT2D eigenvalue weighted by molar-refractivity contribution is 6.31. The molecular weight excluding hydrogens is 461 g/mol. The van der Waals surface area contributed by atoms with Crippen LogP contribution in [0.1, 0.15) is 12.8 Å². The number of rotatable bonds is 9. The molecule has 1 aliphatic heterocycles. The Morgan fingerprint density at radius 2 is 2.24 bits per heavy atom. The predicted octanol–water partition coefficient (Wildman–Crippen LogP) is 4.44. The lowest BCUT2D eigenvalue weighted by atomic mass is 10.1. The normalized spacial score (nSPS) is 15.6. The second kappa shape index (κ2) is 11.2. The molecule has 3 aromatic rings. The van der Waals surface area contributed by atoms with Crippen molar-refractivity contribution in [2.24, 2.45) is 0 Å². The van der Waals surface area contributed by atoms with E-state index in [1.54, 1.807) is 18.2 Å². The summed E-state index contributed by atoms with van der Waals surface area (Å²) < 4.78 is 25.2. The zero-order valence-corrected chi connectivity index (χ0v) is 19.2. The van der Waals surface area contributed by atoms with Crippen LogP contribution < -0.4 is 20.7 Å². The Bertz CT molecular complexity index is 1190. The van der Waals surface area contributed by atoms with Gasteiger partial charge in [-0.1, -0.05) is 18.2 Å². The third-order valence-corrected chi connectivity index (χ3v) is 5.58. The molecule has 0 bridgehead atoms. The van der Waals surface area contributed by atoms with Gasteiger partial charge in [0.05, 0.1) is 35.5 Å². The molecule has 2 heterocycles. The van der Waals surface area contributed by atoms with E-state index < -0.39 is 5.82 Å². The fraction of sp³-hybridized carbons (Fsp3) is 0.292. The van der Waals surface area contributed by atoms with Crippen LogP contribution in [0.3, 0.4) is 0 Å². The van der Waals surface area contributed by atoms with Crippen molar-refractivity contribution in [2.45, 2.75) is 18.9 Å². The first-order valence-electron chi connectivity index (χ1n) is 10.9. The zero-order valence-electron chi connectivity index (χ0n) is 18.4. The number of ether oxygens (including phenoxy) is 2. The maximum absolute atomic E-state index is 13.5. The molecule has 1 unspecified atom stereocenters. The maximum Gasteiger partial charge on any atom is 0.247 e. The molecule has 0 aliphatic carbocycles. The average Bonchev–Trinajstić information content (AvgIpc) is 2.85. The molecule has 178 valence electrons. The summed E-state index contributed by atoms with van der Waals surface area (Å²) in [6.45, 7) is 6.39. The highest BCUT2D eigenvalue weighted by atomic mass is 35.5. The van der Waals surface area contributed by atoms with Crippen molar-refractivity contribution in [1.29, 1.82) is 0 Å². The van der Waals surface area contributed by atoms with Gasteiger partial charge in [-0.2, -0.15) is 0 Å². The van der Waals surface area contributed by atoms with Crippen molar-refractivity contribution in [3.8, 4) is 5.75 Å². The highest BCUT2D eigenvalue weighted by Crippen LogP contribution is 2.34. The topological polar surface area (TPSA) is 97.4 Å². The van der Waals surface area contributed by atoms with Gasteiger partial charge >= 0.3 is 0 Å². The van der Waals surface area contributed by atoms with Crippen molar-refractivity contribution >= 4 is 45.6 Å². The van der Waals surface area contributed by atoms with Crippen molar-refractivity contribution in [3.63, 3.8) is 0 Å². The summed E-state index contributed by atoms with van der Waals surface area (Å²) in [6.07, 6.45) is 4.43. The number of carbonyl (C=O) groups is 1. The summed E-state index contributed by atoms with van der Waals surface area (Å²) in [7, 11) is 0. The van der Waals surface area contributed by atoms with E-state index in [9.17, 15) is 9.18 Å². The molecule has 1 fully saturated rings. The minimum atomic E-state index is -0.512. The van der Waals surface area contributed by atoms with Crippen molar-refractivity contribution < 1.29 is 18.7 Å². The van der Waals surface area contributed by atoms with Gasteiger partial charge in [-0.15, -0.1) is 0 Å². The molecule has 1 amide bonds. The van der Waals surface area contributed by atoms with E-state index in [4.69, 9.17) is 21.1 Å². The number of hydrogen-bond acceptors (Lipinski definition) is 7. The van der Waals surface area contributed by atoms with Gasteiger partial charge in [0, 0.05) is 30.2 Å². The monoisotopic (exact) mass is 485 g/mol. The van der Waals surface area contributed by atoms with Gasteiger partial charge in [-0.25, -0.2) is 14.4 Å². The summed E-state index contributed by atoms with van der Waals surface area (Å²) >= 11 is 5.90. The number of nitrogens with one attached hydrogen (secondary N) is 3. The first-order valence-corrected chi connectivity index (χ1v) is 11.3. The number of hydrogen-bond donors (Lipinski definition) is 3. The van der Waals surface area contributed by atoms with Gasteiger partial charge in [-0.3, -0.25) is 4.79 Å². The number of halogens is 2. The van der Waals surface area contributed by atoms with E-state index in [1.807, 2.05) is 0 Å². The first-order chi connectivity index (χ1) is 16.5.